The topological polar surface area (TPSA) is 157 Å². The van der Waals surface area contributed by atoms with Gasteiger partial charge in [-0.3, -0.25) is 9.10 Å². The Morgan fingerprint density at radius 1 is 1.00 bits per heavy atom. The van der Waals surface area contributed by atoms with Crippen molar-refractivity contribution in [3.05, 3.63) is 90.0 Å². The second kappa shape index (κ2) is 13.2. The molecule has 3 aromatic carbocycles. The number of anilines is 2. The number of ether oxygens (including phenoxy) is 1. The summed E-state index contributed by atoms with van der Waals surface area (Å²) in [6, 6.07) is 20.4. The Labute approximate surface area is 245 Å². The molecule has 1 unspecified atom stereocenters. The number of rotatable bonds is 10. The van der Waals surface area contributed by atoms with Crippen molar-refractivity contribution >= 4 is 39.4 Å². The zero-order valence-electron chi connectivity index (χ0n) is 23.6. The zero-order valence-corrected chi connectivity index (χ0v) is 24.5. The number of likely N-dealkylation sites (N-methyl/N-ethyl adjacent to an activating group) is 1. The summed E-state index contributed by atoms with van der Waals surface area (Å²) in [4.78, 5) is 38.2. The highest BCUT2D eigenvalue weighted by Crippen LogP contribution is 2.35. The fraction of sp³-hybridized carbons (Fsp3) is 0.267. The number of carboxylic acids is 1. The van der Waals surface area contributed by atoms with E-state index in [9.17, 15) is 33.2 Å². The van der Waals surface area contributed by atoms with E-state index in [0.29, 0.717) is 0 Å². The molecule has 0 radical (unpaired) electrons. The van der Waals surface area contributed by atoms with Gasteiger partial charge in [-0.2, -0.15) is 5.26 Å². The molecule has 0 spiro atoms. The lowest BCUT2D eigenvalue weighted by Gasteiger charge is -2.37. The van der Waals surface area contributed by atoms with Crippen molar-refractivity contribution in [1.82, 2.24) is 4.90 Å². The maximum atomic E-state index is 14.0. The highest BCUT2D eigenvalue weighted by Gasteiger charge is 2.43. The van der Waals surface area contributed by atoms with Crippen molar-refractivity contribution in [2.24, 2.45) is 5.41 Å². The van der Waals surface area contributed by atoms with Gasteiger partial charge in [0.2, 0.25) is 5.91 Å². The lowest BCUT2D eigenvalue weighted by molar-refractivity contribution is -0.140. The average molecular weight is 593 g/mol. The van der Waals surface area contributed by atoms with Gasteiger partial charge in [0.25, 0.3) is 10.0 Å². The molecule has 0 aromatic heterocycles. The van der Waals surface area contributed by atoms with Crippen molar-refractivity contribution < 1.29 is 32.6 Å². The number of nitriles is 1. The number of nitrogens with zero attached hydrogens (tertiary/aromatic N) is 3. The van der Waals surface area contributed by atoms with Gasteiger partial charge in [0, 0.05) is 12.7 Å². The van der Waals surface area contributed by atoms with Gasteiger partial charge >= 0.3 is 12.1 Å². The summed E-state index contributed by atoms with van der Waals surface area (Å²) < 4.78 is 34.0. The molecule has 0 aliphatic heterocycles. The first-order valence-corrected chi connectivity index (χ1v) is 14.3. The van der Waals surface area contributed by atoms with Gasteiger partial charge in [0.15, 0.2) is 0 Å². The summed E-state index contributed by atoms with van der Waals surface area (Å²) in [5.74, 6) is -1.99. The van der Waals surface area contributed by atoms with Crippen LogP contribution < -0.4 is 9.62 Å². The van der Waals surface area contributed by atoms with Crippen molar-refractivity contribution in [2.75, 3.05) is 23.2 Å². The maximum Gasteiger partial charge on any atom is 0.410 e. The lowest BCUT2D eigenvalue weighted by atomic mass is 9.86. The van der Waals surface area contributed by atoms with Gasteiger partial charge in [-0.1, -0.05) is 63.2 Å². The minimum absolute atomic E-state index is 0.00135. The van der Waals surface area contributed by atoms with Crippen LogP contribution in [0.3, 0.4) is 0 Å². The summed E-state index contributed by atoms with van der Waals surface area (Å²) in [7, 11) is -3.14. The predicted octanol–water partition coefficient (Wildman–Crippen LogP) is 4.46. The summed E-state index contributed by atoms with van der Waals surface area (Å²) in [5.41, 5.74) is -0.000534. The SMILES string of the molecule is CN(CC(=O)Nc1cccc(S(=O)(=O)N(c2cccc(C#N)c2)C(C(=O)O)C(C)(C)C)c1)C(=O)OCc1ccccc1. The van der Waals surface area contributed by atoms with E-state index in [0.717, 1.165) is 14.8 Å². The van der Waals surface area contributed by atoms with Gasteiger partial charge in [0.1, 0.15) is 19.2 Å². The number of hydrogen-bond acceptors (Lipinski definition) is 7. The molecule has 0 heterocycles. The molecule has 11 nitrogen and oxygen atoms in total. The first-order valence-electron chi connectivity index (χ1n) is 12.8. The number of nitrogens with one attached hydrogen (secondary N) is 1. The quantitative estimate of drug-likeness (QED) is 0.349. The number of amides is 2. The molecule has 2 N–H and O–H groups in total. The maximum absolute atomic E-state index is 14.0. The zero-order chi connectivity index (χ0) is 31.1. The van der Waals surface area contributed by atoms with E-state index in [4.69, 9.17) is 4.74 Å². The first kappa shape index (κ1) is 31.6. The van der Waals surface area contributed by atoms with E-state index in [1.807, 2.05) is 24.3 Å². The van der Waals surface area contributed by atoms with Crippen molar-refractivity contribution in [3.63, 3.8) is 0 Å². The third-order valence-electron chi connectivity index (χ3n) is 6.09. The smallest absolute Gasteiger partial charge is 0.410 e. The summed E-state index contributed by atoms with van der Waals surface area (Å²) in [6.45, 7) is 4.45. The molecule has 42 heavy (non-hydrogen) atoms. The van der Waals surface area contributed by atoms with E-state index in [1.54, 1.807) is 32.9 Å². The molecule has 3 rings (SSSR count). The molecule has 0 saturated carbocycles. The molecule has 0 aliphatic rings. The summed E-state index contributed by atoms with van der Waals surface area (Å²) >= 11 is 0. The van der Waals surface area contributed by atoms with Crippen LogP contribution in [0.5, 0.6) is 0 Å². The second-order valence-corrected chi connectivity index (χ2v) is 12.4. The van der Waals surface area contributed by atoms with Crippen molar-refractivity contribution in [3.8, 4) is 6.07 Å². The second-order valence-electron chi connectivity index (χ2n) is 10.5. The molecule has 2 amide bonds. The predicted molar refractivity (Wildman–Crippen MR) is 156 cm³/mol. The van der Waals surface area contributed by atoms with E-state index in [2.05, 4.69) is 5.32 Å². The van der Waals surface area contributed by atoms with Crippen LogP contribution in [-0.4, -0.2) is 56.0 Å². The fourth-order valence-electron chi connectivity index (χ4n) is 4.12. The van der Waals surface area contributed by atoms with Gasteiger partial charge in [-0.05, 0) is 47.4 Å². The molecular weight excluding hydrogens is 560 g/mol. The van der Waals surface area contributed by atoms with Crippen LogP contribution in [0, 0.1) is 16.7 Å². The average Bonchev–Trinajstić information content (AvgIpc) is 2.94. The highest BCUT2D eigenvalue weighted by molar-refractivity contribution is 7.93. The van der Waals surface area contributed by atoms with E-state index in [-0.39, 0.29) is 35.0 Å². The highest BCUT2D eigenvalue weighted by atomic mass is 32.2. The van der Waals surface area contributed by atoms with Crippen LogP contribution >= 0.6 is 0 Å². The monoisotopic (exact) mass is 592 g/mol. The van der Waals surface area contributed by atoms with E-state index >= 15 is 0 Å². The Balaban J connectivity index is 1.85. The number of sulfonamides is 1. The Bertz CT molecular complexity index is 1600. The van der Waals surface area contributed by atoms with Crippen LogP contribution in [0.1, 0.15) is 31.9 Å². The Morgan fingerprint density at radius 3 is 2.29 bits per heavy atom. The standard InChI is InChI=1S/C30H32N4O7S/c1-30(2,3)27(28(36)37)34(24-14-8-12-22(16-24)18-31)42(39,40)25-15-9-13-23(17-25)32-26(35)19-33(4)29(38)41-20-21-10-6-5-7-11-21/h5-17,27H,19-20H2,1-4H3,(H,32,35)(H,36,37). The normalized spacial score (nSPS) is 12.0. The van der Waals surface area contributed by atoms with Crippen LogP contribution in [0.15, 0.2) is 83.8 Å². The molecule has 3 aromatic rings. The lowest BCUT2D eigenvalue weighted by Crippen LogP contribution is -2.52. The van der Waals surface area contributed by atoms with Crippen molar-refractivity contribution in [1.29, 1.82) is 5.26 Å². The molecule has 12 heteroatoms. The Morgan fingerprint density at radius 2 is 1.67 bits per heavy atom. The fourth-order valence-corrected chi connectivity index (χ4v) is 5.95. The number of carbonyl (C=O) groups excluding carboxylic acids is 2. The van der Waals surface area contributed by atoms with E-state index in [1.165, 1.54) is 55.6 Å². The Hall–Kier alpha value is -4.89. The van der Waals surface area contributed by atoms with Crippen LogP contribution in [-0.2, 0) is 31.0 Å². The molecule has 1 atom stereocenters. The first-order chi connectivity index (χ1) is 19.7. The van der Waals surface area contributed by atoms with Gasteiger partial charge in [-0.25, -0.2) is 18.0 Å². The molecule has 0 aliphatic carbocycles. The van der Waals surface area contributed by atoms with Gasteiger partial charge in [0.05, 0.1) is 22.2 Å². The van der Waals surface area contributed by atoms with Crippen LogP contribution in [0.4, 0.5) is 16.2 Å². The number of hydrogen-bond donors (Lipinski definition) is 2. The van der Waals surface area contributed by atoms with Crippen LogP contribution in [0.25, 0.3) is 0 Å². The number of carbonyl (C=O) groups is 3. The number of benzene rings is 3. The van der Waals surface area contributed by atoms with Gasteiger partial charge < -0.3 is 20.1 Å². The third kappa shape index (κ3) is 7.86. The van der Waals surface area contributed by atoms with Gasteiger partial charge in [-0.15, -0.1) is 0 Å². The summed E-state index contributed by atoms with van der Waals surface area (Å²) in [5, 5.41) is 22.0. The van der Waals surface area contributed by atoms with Crippen molar-refractivity contribution in [2.45, 2.75) is 38.3 Å². The van der Waals surface area contributed by atoms with Crippen LogP contribution in [0.2, 0.25) is 0 Å². The molecule has 220 valence electrons. The minimum atomic E-state index is -4.53. The van der Waals surface area contributed by atoms with E-state index < -0.39 is 39.4 Å². The Kier molecular flexibility index (Phi) is 9.93. The minimum Gasteiger partial charge on any atom is -0.480 e. The number of carboxylic acid groups (broad SMARTS) is 1. The number of aliphatic carboxylic acids is 1. The molecule has 0 bridgehead atoms. The molecule has 0 fully saturated rings. The molecular formula is C30H32N4O7S. The molecule has 0 saturated heterocycles. The third-order valence-corrected chi connectivity index (χ3v) is 7.88. The largest absolute Gasteiger partial charge is 0.480 e. The summed E-state index contributed by atoms with van der Waals surface area (Å²) in [6.07, 6.45) is -0.720.